The molecule has 2 fully saturated rings. The van der Waals surface area contributed by atoms with Crippen molar-refractivity contribution in [3.63, 3.8) is 0 Å². The van der Waals surface area contributed by atoms with Gasteiger partial charge in [0, 0.05) is 37.7 Å². The summed E-state index contributed by atoms with van der Waals surface area (Å²) in [4.78, 5) is 31.7. The monoisotopic (exact) mass is 476 g/mol. The molecule has 1 N–H and O–H groups in total. The van der Waals surface area contributed by atoms with Crippen molar-refractivity contribution in [1.82, 2.24) is 14.5 Å². The lowest BCUT2D eigenvalue weighted by molar-refractivity contribution is -0.389. The molecule has 2 aromatic rings. The van der Waals surface area contributed by atoms with Crippen LogP contribution in [0.25, 0.3) is 0 Å². The summed E-state index contributed by atoms with van der Waals surface area (Å²) in [6, 6.07) is 4.91. The molecule has 2 atom stereocenters. The van der Waals surface area contributed by atoms with Crippen molar-refractivity contribution in [2.24, 2.45) is 0 Å². The summed E-state index contributed by atoms with van der Waals surface area (Å²) in [7, 11) is 0. The molecule has 34 heavy (non-hydrogen) atoms. The van der Waals surface area contributed by atoms with Crippen LogP contribution in [0.5, 0.6) is 6.01 Å². The number of aromatic nitrogens is 2. The molecule has 4 heterocycles. The molecule has 182 valence electrons. The van der Waals surface area contributed by atoms with E-state index in [1.807, 2.05) is 11.8 Å². The number of nitro groups is 1. The number of piperazine rings is 1. The zero-order valence-corrected chi connectivity index (χ0v) is 18.6. The van der Waals surface area contributed by atoms with Crippen LogP contribution in [0.4, 0.5) is 26.4 Å². The van der Waals surface area contributed by atoms with Gasteiger partial charge in [0.15, 0.2) is 0 Å². The highest BCUT2D eigenvalue weighted by atomic mass is 19.1. The summed E-state index contributed by atoms with van der Waals surface area (Å²) in [6.45, 7) is 5.54. The third kappa shape index (κ3) is 4.12. The number of cyclic esters (lactones) is 1. The Kier molecular flexibility index (Phi) is 5.52. The highest BCUT2D eigenvalue weighted by molar-refractivity contribution is 5.90. The van der Waals surface area contributed by atoms with E-state index in [4.69, 9.17) is 9.47 Å². The van der Waals surface area contributed by atoms with Gasteiger partial charge >= 0.3 is 17.9 Å². The Balaban J connectivity index is 1.17. The van der Waals surface area contributed by atoms with Crippen molar-refractivity contribution in [2.75, 3.05) is 55.7 Å². The average Bonchev–Trinajstić information content (AvgIpc) is 3.45. The fraction of sp³-hybridized carbons (Fsp3) is 0.524. The molecule has 0 aliphatic carbocycles. The zero-order valence-electron chi connectivity index (χ0n) is 18.6. The number of anilines is 2. The molecule has 2 unspecified atom stereocenters. The molecular weight excluding hydrogens is 451 g/mol. The van der Waals surface area contributed by atoms with Gasteiger partial charge in [-0.05, 0) is 30.0 Å². The number of carbonyl (C=O) groups excluding carboxylic acids is 1. The number of nitrogens with zero attached hydrogens (tertiary/aromatic N) is 6. The molecule has 0 spiro atoms. The molecule has 0 saturated carbocycles. The second-order valence-electron chi connectivity index (χ2n) is 9.02. The SMILES string of the molecule is CC1(CN2CCN(c3ccc(N4CC(CO)OC4=O)cc3F)CC2)Cn2cc([N+](=O)[O-])nc2O1. The maximum atomic E-state index is 14.9. The van der Waals surface area contributed by atoms with Crippen molar-refractivity contribution >= 4 is 23.3 Å². The number of rotatable bonds is 6. The predicted octanol–water partition coefficient (Wildman–Crippen LogP) is 1.22. The minimum absolute atomic E-state index is 0.181. The van der Waals surface area contributed by atoms with Crippen LogP contribution in [0.2, 0.25) is 0 Å². The lowest BCUT2D eigenvalue weighted by atomic mass is 10.1. The first-order chi connectivity index (χ1) is 16.2. The molecule has 1 amide bonds. The standard InChI is InChI=1S/C21H25FN6O6/c1-21(13-26-10-18(28(31)32)23-19(26)34-21)12-24-4-6-25(7-5-24)17-3-2-14(8-16(17)22)27-9-15(11-29)33-20(27)30/h2-3,8,10,15,29H,4-7,9,11-13H2,1H3. The number of carbonyl (C=O) groups is 1. The molecule has 13 heteroatoms. The summed E-state index contributed by atoms with van der Waals surface area (Å²) in [5.74, 6) is -0.655. The molecule has 0 bridgehead atoms. The smallest absolute Gasteiger partial charge is 0.415 e. The second kappa shape index (κ2) is 8.40. The van der Waals surface area contributed by atoms with Crippen LogP contribution in [-0.4, -0.2) is 88.2 Å². The van der Waals surface area contributed by atoms with E-state index in [1.165, 1.54) is 17.2 Å². The van der Waals surface area contributed by atoms with E-state index >= 15 is 0 Å². The Morgan fingerprint density at radius 3 is 2.71 bits per heavy atom. The molecule has 5 rings (SSSR count). The number of hydrogen-bond acceptors (Lipinski definition) is 9. The Morgan fingerprint density at radius 2 is 2.09 bits per heavy atom. The molecule has 2 saturated heterocycles. The Bertz CT molecular complexity index is 1090. The summed E-state index contributed by atoms with van der Waals surface area (Å²) >= 11 is 0. The molecule has 12 nitrogen and oxygen atoms in total. The van der Waals surface area contributed by atoms with Gasteiger partial charge in [0.2, 0.25) is 0 Å². The van der Waals surface area contributed by atoms with Crippen molar-refractivity contribution in [3.05, 3.63) is 40.3 Å². The van der Waals surface area contributed by atoms with Gasteiger partial charge in [0.25, 0.3) is 0 Å². The van der Waals surface area contributed by atoms with Crippen LogP contribution in [0.15, 0.2) is 24.4 Å². The van der Waals surface area contributed by atoms with Crippen molar-refractivity contribution in [2.45, 2.75) is 25.2 Å². The van der Waals surface area contributed by atoms with Gasteiger partial charge in [0.1, 0.15) is 23.7 Å². The van der Waals surface area contributed by atoms with Crippen LogP contribution in [0.3, 0.4) is 0 Å². The minimum atomic E-state index is -0.608. The maximum absolute atomic E-state index is 14.9. The Labute approximate surface area is 194 Å². The van der Waals surface area contributed by atoms with Crippen molar-refractivity contribution in [3.8, 4) is 6.01 Å². The summed E-state index contributed by atoms with van der Waals surface area (Å²) in [6.07, 6.45) is 0.180. The quantitative estimate of drug-likeness (QED) is 0.484. The molecule has 1 aromatic heterocycles. The fourth-order valence-electron chi connectivity index (χ4n) is 4.73. The van der Waals surface area contributed by atoms with Crippen molar-refractivity contribution in [1.29, 1.82) is 0 Å². The van der Waals surface area contributed by atoms with E-state index in [0.29, 0.717) is 50.6 Å². The van der Waals surface area contributed by atoms with Gasteiger partial charge in [-0.1, -0.05) is 0 Å². The van der Waals surface area contributed by atoms with E-state index in [9.17, 15) is 24.4 Å². The van der Waals surface area contributed by atoms with Crippen LogP contribution in [0, 0.1) is 15.9 Å². The van der Waals surface area contributed by atoms with E-state index in [2.05, 4.69) is 9.88 Å². The molecule has 1 aromatic carbocycles. The number of ether oxygens (including phenoxy) is 2. The first-order valence-electron chi connectivity index (χ1n) is 11.0. The lowest BCUT2D eigenvalue weighted by Crippen LogP contribution is -2.53. The van der Waals surface area contributed by atoms with Crippen LogP contribution < -0.4 is 14.5 Å². The second-order valence-corrected chi connectivity index (χ2v) is 9.02. The third-order valence-electron chi connectivity index (χ3n) is 6.35. The number of benzene rings is 1. The highest BCUT2D eigenvalue weighted by Gasteiger charge is 2.42. The third-order valence-corrected chi connectivity index (χ3v) is 6.35. The molecule has 3 aliphatic heterocycles. The normalized spacial score (nSPS) is 24.8. The van der Waals surface area contributed by atoms with Gasteiger partial charge in [-0.3, -0.25) is 14.4 Å². The van der Waals surface area contributed by atoms with E-state index in [-0.39, 0.29) is 25.0 Å². The molecular formula is C21H25FN6O6. The first-order valence-corrected chi connectivity index (χ1v) is 11.0. The van der Waals surface area contributed by atoms with E-state index in [0.717, 1.165) is 0 Å². The zero-order chi connectivity index (χ0) is 24.0. The predicted molar refractivity (Wildman–Crippen MR) is 118 cm³/mol. The Hall–Kier alpha value is -3.45. The topological polar surface area (TPSA) is 126 Å². The van der Waals surface area contributed by atoms with E-state index < -0.39 is 28.5 Å². The maximum Gasteiger partial charge on any atom is 0.415 e. The number of aliphatic hydroxyl groups excluding tert-OH is 1. The minimum Gasteiger partial charge on any atom is -0.441 e. The lowest BCUT2D eigenvalue weighted by Gasteiger charge is -2.39. The Morgan fingerprint density at radius 1 is 1.32 bits per heavy atom. The number of fused-ring (bicyclic) bond motifs is 1. The van der Waals surface area contributed by atoms with Crippen LogP contribution >= 0.6 is 0 Å². The van der Waals surface area contributed by atoms with Gasteiger partial charge in [-0.15, -0.1) is 0 Å². The highest BCUT2D eigenvalue weighted by Crippen LogP contribution is 2.32. The summed E-state index contributed by atoms with van der Waals surface area (Å²) < 4.78 is 27.5. The number of halogens is 1. The molecule has 3 aliphatic rings. The number of amides is 1. The van der Waals surface area contributed by atoms with E-state index in [1.54, 1.807) is 16.7 Å². The largest absolute Gasteiger partial charge is 0.441 e. The van der Waals surface area contributed by atoms with Gasteiger partial charge in [-0.2, -0.15) is 0 Å². The van der Waals surface area contributed by atoms with Gasteiger partial charge in [-0.25, -0.2) is 9.18 Å². The van der Waals surface area contributed by atoms with Crippen molar-refractivity contribution < 1.29 is 28.7 Å². The number of aliphatic hydroxyl groups is 1. The van der Waals surface area contributed by atoms with Gasteiger partial charge in [0.05, 0.1) is 31.1 Å². The first kappa shape index (κ1) is 22.3. The number of imidazole rings is 1. The fourth-order valence-corrected chi connectivity index (χ4v) is 4.73. The molecule has 0 radical (unpaired) electrons. The van der Waals surface area contributed by atoms with Gasteiger partial charge < -0.3 is 29.6 Å². The van der Waals surface area contributed by atoms with Crippen LogP contribution in [-0.2, 0) is 11.3 Å². The summed E-state index contributed by atoms with van der Waals surface area (Å²) in [5.41, 5.74) is 0.305. The summed E-state index contributed by atoms with van der Waals surface area (Å²) in [5, 5.41) is 20.1. The number of hydrogen-bond donors (Lipinski definition) is 1. The van der Waals surface area contributed by atoms with Crippen LogP contribution in [0.1, 0.15) is 6.92 Å². The average molecular weight is 476 g/mol.